The monoisotopic (exact) mass is 235 g/mol. The van der Waals surface area contributed by atoms with Gasteiger partial charge in [0, 0.05) is 6.04 Å². The van der Waals surface area contributed by atoms with Crippen LogP contribution in [-0.2, 0) is 0 Å². The number of rotatable bonds is 5. The fourth-order valence-corrected chi connectivity index (χ4v) is 4.16. The van der Waals surface area contributed by atoms with Crippen LogP contribution < -0.4 is 5.32 Å². The Balaban J connectivity index is 1.30. The molecule has 0 atom stereocenters. The molecule has 3 saturated carbocycles. The van der Waals surface area contributed by atoms with Crippen LogP contribution in [0.1, 0.15) is 77.0 Å². The maximum atomic E-state index is 3.81. The van der Waals surface area contributed by atoms with Gasteiger partial charge in [-0.1, -0.05) is 25.7 Å². The second-order valence-electron chi connectivity index (χ2n) is 7.02. The van der Waals surface area contributed by atoms with Crippen molar-refractivity contribution in [3.05, 3.63) is 0 Å². The number of nitrogens with one attached hydrogen (secondary N) is 1. The van der Waals surface area contributed by atoms with Crippen LogP contribution in [0.25, 0.3) is 0 Å². The molecule has 1 heteroatoms. The van der Waals surface area contributed by atoms with Crippen LogP contribution in [-0.4, -0.2) is 12.6 Å². The second-order valence-corrected chi connectivity index (χ2v) is 7.02. The molecule has 0 heterocycles. The van der Waals surface area contributed by atoms with E-state index in [4.69, 9.17) is 0 Å². The Morgan fingerprint density at radius 2 is 1.59 bits per heavy atom. The molecule has 0 saturated heterocycles. The van der Waals surface area contributed by atoms with Crippen molar-refractivity contribution in [2.24, 2.45) is 11.3 Å². The summed E-state index contributed by atoms with van der Waals surface area (Å²) in [6.07, 6.45) is 18.0. The lowest BCUT2D eigenvalue weighted by Crippen LogP contribution is -2.37. The molecule has 0 aromatic carbocycles. The molecule has 17 heavy (non-hydrogen) atoms. The average Bonchev–Trinajstić information content (AvgIpc) is 3.08. The minimum Gasteiger partial charge on any atom is -0.314 e. The van der Waals surface area contributed by atoms with Crippen molar-refractivity contribution in [2.45, 2.75) is 83.1 Å². The summed E-state index contributed by atoms with van der Waals surface area (Å²) >= 11 is 0. The molecule has 0 unspecified atom stereocenters. The van der Waals surface area contributed by atoms with E-state index in [9.17, 15) is 0 Å². The second kappa shape index (κ2) is 5.30. The minimum atomic E-state index is 0.812. The van der Waals surface area contributed by atoms with Crippen LogP contribution in [0.2, 0.25) is 0 Å². The summed E-state index contributed by atoms with van der Waals surface area (Å²) < 4.78 is 0. The largest absolute Gasteiger partial charge is 0.314 e. The highest BCUT2D eigenvalue weighted by molar-refractivity contribution is 4.91. The molecule has 3 aliphatic rings. The van der Waals surface area contributed by atoms with Crippen molar-refractivity contribution in [2.75, 3.05) is 6.54 Å². The maximum absolute atomic E-state index is 3.81. The highest BCUT2D eigenvalue weighted by atomic mass is 14.9. The zero-order chi connectivity index (χ0) is 11.6. The highest BCUT2D eigenvalue weighted by Gasteiger charge is 2.37. The summed E-state index contributed by atoms with van der Waals surface area (Å²) in [5, 5.41) is 3.81. The van der Waals surface area contributed by atoms with Gasteiger partial charge in [0.1, 0.15) is 0 Å². The lowest BCUT2D eigenvalue weighted by atomic mass is 9.71. The molecule has 3 fully saturated rings. The van der Waals surface area contributed by atoms with Crippen LogP contribution in [0.4, 0.5) is 0 Å². The van der Waals surface area contributed by atoms with Gasteiger partial charge >= 0.3 is 0 Å². The van der Waals surface area contributed by atoms with Crippen molar-refractivity contribution < 1.29 is 0 Å². The van der Waals surface area contributed by atoms with Gasteiger partial charge in [-0.05, 0) is 69.2 Å². The summed E-state index contributed by atoms with van der Waals surface area (Å²) in [6.45, 7) is 1.29. The van der Waals surface area contributed by atoms with Gasteiger partial charge in [-0.2, -0.15) is 0 Å². The van der Waals surface area contributed by atoms with Gasteiger partial charge in [-0.15, -0.1) is 0 Å². The standard InChI is InChI=1S/C16H29N/c1-2-10-16(9-1)11-7-15(8-12-16)17-13-3-4-14-5-6-14/h14-15,17H,1-13H2. The maximum Gasteiger partial charge on any atom is 0.00674 e. The van der Waals surface area contributed by atoms with Gasteiger partial charge in [-0.3, -0.25) is 0 Å². The van der Waals surface area contributed by atoms with Crippen LogP contribution in [0, 0.1) is 11.3 Å². The van der Waals surface area contributed by atoms with E-state index in [1.807, 2.05) is 0 Å². The number of hydrogen-bond acceptors (Lipinski definition) is 1. The third-order valence-corrected chi connectivity index (χ3v) is 5.63. The predicted molar refractivity (Wildman–Crippen MR) is 73.1 cm³/mol. The Kier molecular flexibility index (Phi) is 3.75. The Labute approximate surface area is 107 Å². The Hall–Kier alpha value is -0.0400. The van der Waals surface area contributed by atoms with Crippen molar-refractivity contribution in [3.8, 4) is 0 Å². The fourth-order valence-electron chi connectivity index (χ4n) is 4.16. The molecule has 98 valence electrons. The normalized spacial score (nSPS) is 28.9. The van der Waals surface area contributed by atoms with E-state index < -0.39 is 0 Å². The summed E-state index contributed by atoms with van der Waals surface area (Å²) in [5.41, 5.74) is 0.812. The van der Waals surface area contributed by atoms with Crippen LogP contribution in [0.5, 0.6) is 0 Å². The van der Waals surface area contributed by atoms with E-state index in [0.29, 0.717) is 0 Å². The van der Waals surface area contributed by atoms with Gasteiger partial charge in [0.05, 0.1) is 0 Å². The smallest absolute Gasteiger partial charge is 0.00674 e. The van der Waals surface area contributed by atoms with Crippen LogP contribution in [0.15, 0.2) is 0 Å². The van der Waals surface area contributed by atoms with Crippen molar-refractivity contribution in [1.82, 2.24) is 5.32 Å². The van der Waals surface area contributed by atoms with Crippen LogP contribution in [0.3, 0.4) is 0 Å². The first kappa shape index (κ1) is 12.0. The molecular weight excluding hydrogens is 206 g/mol. The molecule has 0 aliphatic heterocycles. The van der Waals surface area contributed by atoms with E-state index in [1.165, 1.54) is 70.8 Å². The zero-order valence-electron chi connectivity index (χ0n) is 11.3. The van der Waals surface area contributed by atoms with Gasteiger partial charge in [0.2, 0.25) is 0 Å². The molecular formula is C16H29N. The predicted octanol–water partition coefficient (Wildman–Crippen LogP) is 4.27. The zero-order valence-corrected chi connectivity index (χ0v) is 11.3. The third kappa shape index (κ3) is 3.24. The quantitative estimate of drug-likeness (QED) is 0.702. The van der Waals surface area contributed by atoms with Gasteiger partial charge in [0.25, 0.3) is 0 Å². The molecule has 1 nitrogen and oxygen atoms in total. The molecule has 1 spiro atoms. The van der Waals surface area contributed by atoms with Crippen molar-refractivity contribution in [1.29, 1.82) is 0 Å². The molecule has 0 radical (unpaired) electrons. The van der Waals surface area contributed by atoms with E-state index in [-0.39, 0.29) is 0 Å². The lowest BCUT2D eigenvalue weighted by molar-refractivity contribution is 0.168. The molecule has 1 N–H and O–H groups in total. The first-order chi connectivity index (χ1) is 8.36. The van der Waals surface area contributed by atoms with E-state index in [2.05, 4.69) is 5.32 Å². The van der Waals surface area contributed by atoms with Crippen molar-refractivity contribution in [3.63, 3.8) is 0 Å². The molecule has 0 aromatic heterocycles. The van der Waals surface area contributed by atoms with Gasteiger partial charge in [0.15, 0.2) is 0 Å². The summed E-state index contributed by atoms with van der Waals surface area (Å²) in [5.74, 6) is 1.12. The minimum absolute atomic E-state index is 0.812. The van der Waals surface area contributed by atoms with E-state index in [1.54, 1.807) is 12.8 Å². The summed E-state index contributed by atoms with van der Waals surface area (Å²) in [4.78, 5) is 0. The molecule has 0 amide bonds. The molecule has 3 rings (SSSR count). The Morgan fingerprint density at radius 3 is 2.24 bits per heavy atom. The molecule has 0 aromatic rings. The van der Waals surface area contributed by atoms with Gasteiger partial charge < -0.3 is 5.32 Å². The Bertz CT molecular complexity index is 228. The first-order valence-corrected chi connectivity index (χ1v) is 8.10. The lowest BCUT2D eigenvalue weighted by Gasteiger charge is -2.37. The van der Waals surface area contributed by atoms with Gasteiger partial charge in [-0.25, -0.2) is 0 Å². The third-order valence-electron chi connectivity index (χ3n) is 5.63. The SMILES string of the molecule is C(CNC1CCC2(CCCC2)CC1)CC1CC1. The average molecular weight is 235 g/mol. The Morgan fingerprint density at radius 1 is 0.882 bits per heavy atom. The topological polar surface area (TPSA) is 12.0 Å². The highest BCUT2D eigenvalue weighted by Crippen LogP contribution is 2.48. The van der Waals surface area contributed by atoms with E-state index in [0.717, 1.165) is 17.4 Å². The van der Waals surface area contributed by atoms with Crippen molar-refractivity contribution >= 4 is 0 Å². The fraction of sp³-hybridized carbons (Fsp3) is 1.00. The summed E-state index contributed by atoms with van der Waals surface area (Å²) in [7, 11) is 0. The van der Waals surface area contributed by atoms with E-state index >= 15 is 0 Å². The summed E-state index contributed by atoms with van der Waals surface area (Å²) in [6, 6.07) is 0.862. The molecule has 0 bridgehead atoms. The molecule has 3 aliphatic carbocycles. The first-order valence-electron chi connectivity index (χ1n) is 8.10. The number of hydrogen-bond donors (Lipinski definition) is 1. The van der Waals surface area contributed by atoms with Crippen LogP contribution >= 0.6 is 0 Å².